The molecule has 5 rings (SSSR count). The van der Waals surface area contributed by atoms with Gasteiger partial charge in [0.1, 0.15) is 0 Å². The summed E-state index contributed by atoms with van der Waals surface area (Å²) in [6, 6.07) is 18.4. The predicted molar refractivity (Wildman–Crippen MR) is 78.1 cm³/mol. The highest BCUT2D eigenvalue weighted by molar-refractivity contribution is 5.82. The molecule has 0 saturated heterocycles. The first-order valence-corrected chi connectivity index (χ1v) is 7.62. The fourth-order valence-electron chi connectivity index (χ4n) is 5.52. The summed E-state index contributed by atoms with van der Waals surface area (Å²) in [7, 11) is 0. The van der Waals surface area contributed by atoms with Crippen molar-refractivity contribution in [2.24, 2.45) is 11.8 Å². The van der Waals surface area contributed by atoms with Gasteiger partial charge in [0.2, 0.25) is 0 Å². The third kappa shape index (κ3) is 1.00. The Hall–Kier alpha value is -1.56. The zero-order valence-electron chi connectivity index (χ0n) is 11.1. The van der Waals surface area contributed by atoms with Gasteiger partial charge in [0.25, 0.3) is 0 Å². The first-order valence-electron chi connectivity index (χ1n) is 7.62. The Bertz CT molecular complexity index is 600. The van der Waals surface area contributed by atoms with Crippen LogP contribution in [0.15, 0.2) is 48.5 Å². The first kappa shape index (κ1) is 10.3. The fourth-order valence-corrected chi connectivity index (χ4v) is 5.52. The van der Waals surface area contributed by atoms with Crippen molar-refractivity contribution in [1.29, 1.82) is 0 Å². The van der Waals surface area contributed by atoms with Crippen LogP contribution in [-0.2, 0) is 5.41 Å². The average Bonchev–Trinajstić information content (AvgIpc) is 3.12. The van der Waals surface area contributed by atoms with E-state index in [1.807, 2.05) is 0 Å². The predicted octanol–water partition coefficient (Wildman–Crippen LogP) is 4.77. The maximum Gasteiger partial charge on any atom is 0.0271 e. The van der Waals surface area contributed by atoms with Crippen molar-refractivity contribution in [3.63, 3.8) is 0 Å². The molecule has 1 spiro atoms. The molecular formula is C19H18. The summed E-state index contributed by atoms with van der Waals surface area (Å²) in [5, 5.41) is 0. The van der Waals surface area contributed by atoms with E-state index in [4.69, 9.17) is 0 Å². The lowest BCUT2D eigenvalue weighted by Crippen LogP contribution is -2.30. The van der Waals surface area contributed by atoms with Crippen molar-refractivity contribution in [2.45, 2.75) is 31.1 Å². The van der Waals surface area contributed by atoms with Crippen LogP contribution in [0.1, 0.15) is 36.8 Å². The monoisotopic (exact) mass is 246 g/mol. The second kappa shape index (κ2) is 3.30. The first-order chi connectivity index (χ1) is 9.42. The van der Waals surface area contributed by atoms with Crippen LogP contribution >= 0.6 is 0 Å². The van der Waals surface area contributed by atoms with Crippen molar-refractivity contribution in [3.8, 4) is 11.1 Å². The second-order valence-corrected chi connectivity index (χ2v) is 6.51. The van der Waals surface area contributed by atoms with Crippen LogP contribution in [0.3, 0.4) is 0 Å². The molecule has 2 saturated carbocycles. The molecular weight excluding hydrogens is 228 g/mol. The SMILES string of the molecule is c1ccc2c(c1)-c1ccccc1C21C2CCC1CC2. The molecule has 3 aliphatic carbocycles. The molecule has 0 heteroatoms. The maximum absolute atomic E-state index is 2.41. The summed E-state index contributed by atoms with van der Waals surface area (Å²) in [6.45, 7) is 0. The van der Waals surface area contributed by atoms with E-state index in [0.29, 0.717) is 5.41 Å². The minimum atomic E-state index is 0.382. The molecule has 3 aliphatic rings. The average molecular weight is 246 g/mol. The van der Waals surface area contributed by atoms with Gasteiger partial charge in [-0.1, -0.05) is 48.5 Å². The Morgan fingerprint density at radius 2 is 1.05 bits per heavy atom. The molecule has 0 nitrogen and oxygen atoms in total. The van der Waals surface area contributed by atoms with E-state index in [9.17, 15) is 0 Å². The van der Waals surface area contributed by atoms with E-state index in [2.05, 4.69) is 48.5 Å². The lowest BCUT2D eigenvalue weighted by Gasteiger charge is -2.32. The number of hydrogen-bond donors (Lipinski definition) is 0. The van der Waals surface area contributed by atoms with Crippen LogP contribution in [0.2, 0.25) is 0 Å². The largest absolute Gasteiger partial charge is 0.0619 e. The van der Waals surface area contributed by atoms with Gasteiger partial charge in [0.05, 0.1) is 0 Å². The van der Waals surface area contributed by atoms with Crippen molar-refractivity contribution in [3.05, 3.63) is 59.7 Å². The minimum Gasteiger partial charge on any atom is -0.0619 e. The highest BCUT2D eigenvalue weighted by atomic mass is 14.6. The Labute approximate surface area is 114 Å². The van der Waals surface area contributed by atoms with E-state index in [1.165, 1.54) is 36.8 Å². The second-order valence-electron chi connectivity index (χ2n) is 6.51. The van der Waals surface area contributed by atoms with Crippen LogP contribution < -0.4 is 0 Å². The van der Waals surface area contributed by atoms with Gasteiger partial charge in [-0.3, -0.25) is 0 Å². The summed E-state index contributed by atoms with van der Waals surface area (Å²) >= 11 is 0. The van der Waals surface area contributed by atoms with Gasteiger partial charge in [-0.05, 0) is 59.8 Å². The summed E-state index contributed by atoms with van der Waals surface area (Å²) < 4.78 is 0. The summed E-state index contributed by atoms with van der Waals surface area (Å²) in [6.07, 6.45) is 5.75. The molecule has 0 amide bonds. The highest BCUT2D eigenvalue weighted by Gasteiger charge is 2.59. The highest BCUT2D eigenvalue weighted by Crippen LogP contribution is 2.67. The summed E-state index contributed by atoms with van der Waals surface area (Å²) in [5.74, 6) is 1.78. The van der Waals surface area contributed by atoms with Crippen LogP contribution in [-0.4, -0.2) is 0 Å². The third-order valence-electron chi connectivity index (χ3n) is 6.05. The van der Waals surface area contributed by atoms with E-state index in [1.54, 1.807) is 11.1 Å². The van der Waals surface area contributed by atoms with Gasteiger partial charge in [0.15, 0.2) is 0 Å². The molecule has 19 heavy (non-hydrogen) atoms. The molecule has 0 radical (unpaired) electrons. The quantitative estimate of drug-likeness (QED) is 0.628. The topological polar surface area (TPSA) is 0 Å². The molecule has 0 aromatic heterocycles. The van der Waals surface area contributed by atoms with E-state index >= 15 is 0 Å². The van der Waals surface area contributed by atoms with Gasteiger partial charge in [-0.25, -0.2) is 0 Å². The van der Waals surface area contributed by atoms with E-state index in [0.717, 1.165) is 11.8 Å². The third-order valence-corrected chi connectivity index (χ3v) is 6.05. The Balaban J connectivity index is 1.92. The van der Waals surface area contributed by atoms with E-state index < -0.39 is 0 Å². The number of rotatable bonds is 0. The van der Waals surface area contributed by atoms with Gasteiger partial charge < -0.3 is 0 Å². The van der Waals surface area contributed by atoms with Gasteiger partial charge in [-0.15, -0.1) is 0 Å². The standard InChI is InChI=1S/C19H18/c1-3-7-17-15(5-1)16-6-2-4-8-18(16)19(17)13-9-10-14(19)12-11-13/h1-8,13-14H,9-12H2. The van der Waals surface area contributed by atoms with Gasteiger partial charge in [0, 0.05) is 5.41 Å². The molecule has 0 aliphatic heterocycles. The summed E-state index contributed by atoms with van der Waals surface area (Å²) in [5.41, 5.74) is 6.68. The van der Waals surface area contributed by atoms with Crippen molar-refractivity contribution in [2.75, 3.05) is 0 Å². The fraction of sp³-hybridized carbons (Fsp3) is 0.368. The molecule has 0 atom stereocenters. The van der Waals surface area contributed by atoms with Crippen LogP contribution in [0.25, 0.3) is 11.1 Å². The number of hydrogen-bond acceptors (Lipinski definition) is 0. The molecule has 94 valence electrons. The smallest absolute Gasteiger partial charge is 0.0271 e. The molecule has 2 fully saturated rings. The molecule has 0 N–H and O–H groups in total. The van der Waals surface area contributed by atoms with Crippen molar-refractivity contribution >= 4 is 0 Å². The lowest BCUT2D eigenvalue weighted by atomic mass is 9.70. The Kier molecular flexibility index (Phi) is 1.78. The number of fused-ring (bicyclic) bond motifs is 3. The maximum atomic E-state index is 2.41. The molecule has 2 aromatic rings. The Morgan fingerprint density at radius 1 is 0.632 bits per heavy atom. The lowest BCUT2D eigenvalue weighted by molar-refractivity contribution is 0.400. The van der Waals surface area contributed by atoms with Crippen molar-refractivity contribution < 1.29 is 0 Å². The zero-order chi connectivity index (χ0) is 12.4. The zero-order valence-corrected chi connectivity index (χ0v) is 11.1. The van der Waals surface area contributed by atoms with Crippen LogP contribution in [0.5, 0.6) is 0 Å². The van der Waals surface area contributed by atoms with Gasteiger partial charge >= 0.3 is 0 Å². The minimum absolute atomic E-state index is 0.382. The molecule has 0 heterocycles. The van der Waals surface area contributed by atoms with E-state index in [-0.39, 0.29) is 0 Å². The summed E-state index contributed by atoms with van der Waals surface area (Å²) in [4.78, 5) is 0. The van der Waals surface area contributed by atoms with Gasteiger partial charge in [-0.2, -0.15) is 0 Å². The normalized spacial score (nSPS) is 28.6. The molecule has 2 bridgehead atoms. The van der Waals surface area contributed by atoms with Crippen LogP contribution in [0, 0.1) is 11.8 Å². The van der Waals surface area contributed by atoms with Crippen molar-refractivity contribution in [1.82, 2.24) is 0 Å². The molecule has 0 unspecified atom stereocenters. The molecule has 2 aromatic carbocycles. The number of benzene rings is 2. The Morgan fingerprint density at radius 3 is 1.53 bits per heavy atom. The van der Waals surface area contributed by atoms with Crippen LogP contribution in [0.4, 0.5) is 0 Å².